The molecule has 1 fully saturated rings. The number of amides is 1. The number of nitrogens with two attached hydrogens (primary N) is 1. The molecule has 1 rings (SSSR count). The minimum Gasteiger partial charge on any atom is -0.378 e. The van der Waals surface area contributed by atoms with E-state index in [2.05, 4.69) is 5.43 Å². The lowest BCUT2D eigenvalue weighted by Gasteiger charge is -2.14. The number of carbonyl (C=O) groups is 1. The van der Waals surface area contributed by atoms with Crippen molar-refractivity contribution in [3.63, 3.8) is 0 Å². The fourth-order valence-electron chi connectivity index (χ4n) is 2.30. The highest BCUT2D eigenvalue weighted by Gasteiger charge is 2.11. The second-order valence-electron chi connectivity index (χ2n) is 4.86. The third kappa shape index (κ3) is 7.34. The first-order valence-corrected chi connectivity index (χ1v) is 6.94. The van der Waals surface area contributed by atoms with Gasteiger partial charge >= 0.3 is 0 Å². The standard InChI is InChI=1S/C13H26N2O2/c14-15-13(16)10-6-3-7-11-17-12-8-4-1-2-5-9-12/h12H,1-11,14H2,(H,15,16). The Kier molecular flexibility index (Phi) is 8.01. The fourth-order valence-corrected chi connectivity index (χ4v) is 2.30. The molecule has 1 saturated carbocycles. The number of nitrogens with one attached hydrogen (secondary N) is 1. The van der Waals surface area contributed by atoms with Crippen LogP contribution in [0.5, 0.6) is 0 Å². The van der Waals surface area contributed by atoms with Crippen molar-refractivity contribution < 1.29 is 9.53 Å². The lowest BCUT2D eigenvalue weighted by Crippen LogP contribution is -2.29. The van der Waals surface area contributed by atoms with Crippen LogP contribution in [-0.4, -0.2) is 18.6 Å². The molecule has 0 unspecified atom stereocenters. The Hall–Kier alpha value is -0.610. The third-order valence-electron chi connectivity index (χ3n) is 3.36. The van der Waals surface area contributed by atoms with Crippen LogP contribution in [0.3, 0.4) is 0 Å². The van der Waals surface area contributed by atoms with Crippen LogP contribution in [-0.2, 0) is 9.53 Å². The molecule has 0 aromatic carbocycles. The molecule has 0 aromatic rings. The molecule has 0 aliphatic heterocycles. The number of carbonyl (C=O) groups excluding carboxylic acids is 1. The van der Waals surface area contributed by atoms with Gasteiger partial charge in [0.1, 0.15) is 0 Å². The number of hydrazine groups is 1. The van der Waals surface area contributed by atoms with Crippen molar-refractivity contribution in [2.24, 2.45) is 5.84 Å². The summed E-state index contributed by atoms with van der Waals surface area (Å²) in [5, 5.41) is 0. The summed E-state index contributed by atoms with van der Waals surface area (Å²) >= 11 is 0. The molecule has 4 nitrogen and oxygen atoms in total. The lowest BCUT2D eigenvalue weighted by atomic mass is 10.1. The van der Waals surface area contributed by atoms with Crippen molar-refractivity contribution in [2.45, 2.75) is 70.3 Å². The molecule has 0 saturated heterocycles. The minimum absolute atomic E-state index is 0.0744. The van der Waals surface area contributed by atoms with E-state index < -0.39 is 0 Å². The first-order chi connectivity index (χ1) is 8.33. The highest BCUT2D eigenvalue weighted by atomic mass is 16.5. The van der Waals surface area contributed by atoms with Crippen LogP contribution < -0.4 is 11.3 Å². The molecular formula is C13H26N2O2. The van der Waals surface area contributed by atoms with E-state index >= 15 is 0 Å². The van der Waals surface area contributed by atoms with Crippen molar-refractivity contribution in [1.82, 2.24) is 5.43 Å². The van der Waals surface area contributed by atoms with Crippen LogP contribution in [0.2, 0.25) is 0 Å². The van der Waals surface area contributed by atoms with E-state index in [1.807, 2.05) is 0 Å². The van der Waals surface area contributed by atoms with E-state index in [0.717, 1.165) is 25.9 Å². The van der Waals surface area contributed by atoms with E-state index in [0.29, 0.717) is 12.5 Å². The summed E-state index contributed by atoms with van der Waals surface area (Å²) in [6.45, 7) is 0.842. The Bertz CT molecular complexity index is 202. The molecule has 0 bridgehead atoms. The number of rotatable bonds is 7. The molecule has 100 valence electrons. The predicted octanol–water partition coefficient (Wildman–Crippen LogP) is 2.28. The average Bonchev–Trinajstić information content (AvgIpc) is 2.61. The smallest absolute Gasteiger partial charge is 0.233 e. The number of ether oxygens (including phenoxy) is 1. The second kappa shape index (κ2) is 9.42. The minimum atomic E-state index is -0.0744. The van der Waals surface area contributed by atoms with E-state index in [1.54, 1.807) is 0 Å². The molecule has 3 N–H and O–H groups in total. The van der Waals surface area contributed by atoms with E-state index in [-0.39, 0.29) is 5.91 Å². The van der Waals surface area contributed by atoms with Gasteiger partial charge in [-0.25, -0.2) is 5.84 Å². The quantitative estimate of drug-likeness (QED) is 0.237. The molecule has 1 amide bonds. The summed E-state index contributed by atoms with van der Waals surface area (Å²) in [6.07, 6.45) is 11.9. The molecule has 1 aliphatic rings. The molecule has 0 atom stereocenters. The zero-order valence-electron chi connectivity index (χ0n) is 10.7. The Balaban J connectivity index is 1.91. The SMILES string of the molecule is NNC(=O)CCCCCOC1CCCCCC1. The Morgan fingerprint density at radius 2 is 1.82 bits per heavy atom. The topological polar surface area (TPSA) is 64.3 Å². The van der Waals surface area contributed by atoms with Crippen molar-refractivity contribution in [3.05, 3.63) is 0 Å². The van der Waals surface area contributed by atoms with Gasteiger partial charge in [-0.05, 0) is 25.7 Å². The molecule has 0 radical (unpaired) electrons. The normalized spacial score (nSPS) is 17.7. The molecule has 0 spiro atoms. The van der Waals surface area contributed by atoms with E-state index in [1.165, 1.54) is 38.5 Å². The zero-order chi connectivity index (χ0) is 12.3. The van der Waals surface area contributed by atoms with Gasteiger partial charge in [0.25, 0.3) is 0 Å². The maximum atomic E-state index is 10.9. The van der Waals surface area contributed by atoms with Gasteiger partial charge in [0.2, 0.25) is 5.91 Å². The van der Waals surface area contributed by atoms with Gasteiger partial charge in [-0.1, -0.05) is 32.1 Å². The first-order valence-electron chi connectivity index (χ1n) is 6.94. The van der Waals surface area contributed by atoms with Crippen LogP contribution in [0.25, 0.3) is 0 Å². The summed E-state index contributed by atoms with van der Waals surface area (Å²) in [5.74, 6) is 4.93. The van der Waals surface area contributed by atoms with E-state index in [4.69, 9.17) is 10.6 Å². The summed E-state index contributed by atoms with van der Waals surface area (Å²) < 4.78 is 5.87. The van der Waals surface area contributed by atoms with Gasteiger partial charge in [-0.3, -0.25) is 10.2 Å². The molecular weight excluding hydrogens is 216 g/mol. The number of hydrogen-bond acceptors (Lipinski definition) is 3. The van der Waals surface area contributed by atoms with Gasteiger partial charge < -0.3 is 4.74 Å². The third-order valence-corrected chi connectivity index (χ3v) is 3.36. The van der Waals surface area contributed by atoms with Gasteiger partial charge in [-0.15, -0.1) is 0 Å². The Morgan fingerprint density at radius 3 is 2.47 bits per heavy atom. The predicted molar refractivity (Wildman–Crippen MR) is 68.2 cm³/mol. The van der Waals surface area contributed by atoms with Crippen molar-refractivity contribution in [3.8, 4) is 0 Å². The van der Waals surface area contributed by atoms with Gasteiger partial charge in [-0.2, -0.15) is 0 Å². The van der Waals surface area contributed by atoms with Crippen LogP contribution >= 0.6 is 0 Å². The van der Waals surface area contributed by atoms with Gasteiger partial charge in [0, 0.05) is 13.0 Å². The van der Waals surface area contributed by atoms with Crippen molar-refractivity contribution in [1.29, 1.82) is 0 Å². The monoisotopic (exact) mass is 242 g/mol. The van der Waals surface area contributed by atoms with E-state index in [9.17, 15) is 4.79 Å². The van der Waals surface area contributed by atoms with Gasteiger partial charge in [0.15, 0.2) is 0 Å². The summed E-state index contributed by atoms with van der Waals surface area (Å²) in [7, 11) is 0. The molecule has 0 heterocycles. The second-order valence-corrected chi connectivity index (χ2v) is 4.86. The van der Waals surface area contributed by atoms with Crippen LogP contribution in [0.4, 0.5) is 0 Å². The molecule has 17 heavy (non-hydrogen) atoms. The van der Waals surface area contributed by atoms with Crippen LogP contribution in [0.1, 0.15) is 64.2 Å². The van der Waals surface area contributed by atoms with Gasteiger partial charge in [0.05, 0.1) is 6.10 Å². The average molecular weight is 242 g/mol. The van der Waals surface area contributed by atoms with Crippen molar-refractivity contribution in [2.75, 3.05) is 6.61 Å². The maximum absolute atomic E-state index is 10.9. The van der Waals surface area contributed by atoms with Crippen LogP contribution in [0, 0.1) is 0 Å². The van der Waals surface area contributed by atoms with Crippen LogP contribution in [0.15, 0.2) is 0 Å². The summed E-state index contributed by atoms with van der Waals surface area (Å²) in [5.41, 5.74) is 2.14. The number of unbranched alkanes of at least 4 members (excludes halogenated alkanes) is 2. The maximum Gasteiger partial charge on any atom is 0.233 e. The highest BCUT2D eigenvalue weighted by molar-refractivity contribution is 5.74. The summed E-state index contributed by atoms with van der Waals surface area (Å²) in [6, 6.07) is 0. The lowest BCUT2D eigenvalue weighted by molar-refractivity contribution is -0.121. The molecule has 4 heteroatoms. The fraction of sp³-hybridized carbons (Fsp3) is 0.923. The largest absolute Gasteiger partial charge is 0.378 e. The Morgan fingerprint density at radius 1 is 1.12 bits per heavy atom. The highest BCUT2D eigenvalue weighted by Crippen LogP contribution is 2.20. The molecule has 1 aliphatic carbocycles. The first kappa shape index (κ1) is 14.5. The summed E-state index contributed by atoms with van der Waals surface area (Å²) in [4.78, 5) is 10.9. The zero-order valence-corrected chi connectivity index (χ0v) is 10.7. The number of hydrogen-bond donors (Lipinski definition) is 2. The Labute approximate surface area is 104 Å². The van der Waals surface area contributed by atoms with Crippen molar-refractivity contribution >= 4 is 5.91 Å². The molecule has 0 aromatic heterocycles.